The topological polar surface area (TPSA) is 12.9 Å². The van der Waals surface area contributed by atoms with E-state index in [4.69, 9.17) is 0 Å². The van der Waals surface area contributed by atoms with Crippen LogP contribution in [0.25, 0.3) is 0 Å². The third kappa shape index (κ3) is 1.44. The van der Waals surface area contributed by atoms with E-state index in [2.05, 4.69) is 18.8 Å². The third-order valence-electron chi connectivity index (χ3n) is 1.84. The maximum absolute atomic E-state index is 4.35. The lowest BCUT2D eigenvalue weighted by Gasteiger charge is -2.27. The predicted molar refractivity (Wildman–Crippen MR) is 50.3 cm³/mol. The average molecular weight is 185 g/mol. The summed E-state index contributed by atoms with van der Waals surface area (Å²) in [7, 11) is 0. The lowest BCUT2D eigenvalue weighted by Crippen LogP contribution is -2.21. The molecule has 0 aromatic carbocycles. The molecule has 1 aromatic rings. The number of fused-ring (bicyclic) bond motifs is 1. The molecule has 1 aromatic heterocycles. The third-order valence-corrected chi connectivity index (χ3v) is 4.57. The van der Waals surface area contributed by atoms with Crippen molar-refractivity contribution in [1.82, 2.24) is 4.98 Å². The summed E-state index contributed by atoms with van der Waals surface area (Å²) in [5.41, 5.74) is 3.72. The molecular weight excluding hydrogens is 174 g/mol. The first kappa shape index (κ1) is 7.62. The van der Waals surface area contributed by atoms with E-state index in [9.17, 15) is 0 Å². The van der Waals surface area contributed by atoms with E-state index >= 15 is 0 Å². The molecular formula is C8H11NS2. The second-order valence-electron chi connectivity index (χ2n) is 3.72. The molecule has 2 heterocycles. The van der Waals surface area contributed by atoms with Gasteiger partial charge in [-0.1, -0.05) is 13.8 Å². The molecule has 0 saturated carbocycles. The smallest absolute Gasteiger partial charge is 0.0830 e. The van der Waals surface area contributed by atoms with Crippen LogP contribution in [-0.4, -0.2) is 10.7 Å². The maximum atomic E-state index is 4.35. The van der Waals surface area contributed by atoms with Gasteiger partial charge >= 0.3 is 0 Å². The van der Waals surface area contributed by atoms with Crippen LogP contribution in [0.2, 0.25) is 0 Å². The molecule has 0 spiro atoms. The number of rotatable bonds is 0. The molecule has 11 heavy (non-hydrogen) atoms. The fourth-order valence-electron chi connectivity index (χ4n) is 1.26. The Morgan fingerprint density at radius 2 is 2.36 bits per heavy atom. The summed E-state index contributed by atoms with van der Waals surface area (Å²) in [5, 5.41) is 0. The van der Waals surface area contributed by atoms with Gasteiger partial charge in [0, 0.05) is 5.75 Å². The second kappa shape index (κ2) is 2.49. The lowest BCUT2D eigenvalue weighted by molar-refractivity contribution is 0.408. The van der Waals surface area contributed by atoms with Gasteiger partial charge in [-0.2, -0.15) is 0 Å². The van der Waals surface area contributed by atoms with Gasteiger partial charge in [0.1, 0.15) is 0 Å². The first-order valence-corrected chi connectivity index (χ1v) is 5.59. The molecule has 1 nitrogen and oxygen atoms in total. The summed E-state index contributed by atoms with van der Waals surface area (Å²) in [6, 6.07) is 0. The standard InChI is InChI=1S/C8H11NS2/c1-8(2)3-6-7(10-4-8)11-5-9-6/h5H,3-4H2,1-2H3. The molecule has 2 rings (SSSR count). The Labute approximate surface area is 75.2 Å². The summed E-state index contributed by atoms with van der Waals surface area (Å²) >= 11 is 3.74. The molecule has 1 aliphatic rings. The van der Waals surface area contributed by atoms with Crippen molar-refractivity contribution in [2.75, 3.05) is 5.75 Å². The first-order chi connectivity index (χ1) is 5.17. The fraction of sp³-hybridized carbons (Fsp3) is 0.625. The van der Waals surface area contributed by atoms with Gasteiger partial charge in [-0.05, 0) is 11.8 Å². The quantitative estimate of drug-likeness (QED) is 0.616. The minimum Gasteiger partial charge on any atom is -0.248 e. The lowest BCUT2D eigenvalue weighted by atomic mass is 9.90. The Kier molecular flexibility index (Phi) is 1.72. The van der Waals surface area contributed by atoms with Crippen molar-refractivity contribution >= 4 is 23.1 Å². The molecule has 0 atom stereocenters. The van der Waals surface area contributed by atoms with E-state index in [0.717, 1.165) is 6.42 Å². The molecule has 1 aliphatic heterocycles. The number of hydrogen-bond donors (Lipinski definition) is 0. The zero-order valence-electron chi connectivity index (χ0n) is 6.76. The molecule has 0 bridgehead atoms. The van der Waals surface area contributed by atoms with Crippen molar-refractivity contribution in [2.45, 2.75) is 24.5 Å². The highest BCUT2D eigenvalue weighted by Gasteiger charge is 2.27. The minimum atomic E-state index is 0.450. The number of aromatic nitrogens is 1. The van der Waals surface area contributed by atoms with Crippen LogP contribution in [0.5, 0.6) is 0 Å². The van der Waals surface area contributed by atoms with Crippen LogP contribution >= 0.6 is 23.1 Å². The summed E-state index contributed by atoms with van der Waals surface area (Å²) in [6.07, 6.45) is 1.15. The second-order valence-corrected chi connectivity index (χ2v) is 5.81. The highest BCUT2D eigenvalue weighted by Crippen LogP contribution is 2.40. The SMILES string of the molecule is CC1(C)CSc2scnc2C1. The minimum absolute atomic E-state index is 0.450. The number of thiazole rings is 1. The summed E-state index contributed by atoms with van der Waals surface area (Å²) in [4.78, 5) is 4.35. The summed E-state index contributed by atoms with van der Waals surface area (Å²) in [6.45, 7) is 4.62. The fourth-order valence-corrected chi connectivity index (χ4v) is 3.29. The van der Waals surface area contributed by atoms with E-state index in [-0.39, 0.29) is 0 Å². The van der Waals surface area contributed by atoms with Gasteiger partial charge in [-0.3, -0.25) is 0 Å². The molecule has 0 radical (unpaired) electrons. The van der Waals surface area contributed by atoms with Gasteiger partial charge in [0.05, 0.1) is 15.4 Å². The van der Waals surface area contributed by atoms with Crippen LogP contribution in [0.3, 0.4) is 0 Å². The number of nitrogens with zero attached hydrogens (tertiary/aromatic N) is 1. The van der Waals surface area contributed by atoms with Crippen LogP contribution in [0, 0.1) is 5.41 Å². The van der Waals surface area contributed by atoms with Crippen molar-refractivity contribution in [3.8, 4) is 0 Å². The Morgan fingerprint density at radius 3 is 3.18 bits per heavy atom. The van der Waals surface area contributed by atoms with Gasteiger partial charge < -0.3 is 0 Å². The van der Waals surface area contributed by atoms with E-state index in [1.165, 1.54) is 15.7 Å². The normalized spacial score (nSPS) is 21.3. The molecule has 0 amide bonds. The van der Waals surface area contributed by atoms with Crippen molar-refractivity contribution in [1.29, 1.82) is 0 Å². The average Bonchev–Trinajstić information content (AvgIpc) is 2.31. The number of hydrogen-bond acceptors (Lipinski definition) is 3. The molecule has 3 heteroatoms. The predicted octanol–water partition coefficient (Wildman–Crippen LogP) is 2.82. The molecule has 0 unspecified atom stereocenters. The maximum Gasteiger partial charge on any atom is 0.0830 e. The van der Waals surface area contributed by atoms with E-state index in [1.54, 1.807) is 11.3 Å². The van der Waals surface area contributed by atoms with Gasteiger partial charge in [-0.15, -0.1) is 23.1 Å². The molecule has 0 N–H and O–H groups in total. The van der Waals surface area contributed by atoms with Gasteiger partial charge in [0.25, 0.3) is 0 Å². The van der Waals surface area contributed by atoms with Gasteiger partial charge in [0.15, 0.2) is 0 Å². The van der Waals surface area contributed by atoms with Crippen LogP contribution in [-0.2, 0) is 6.42 Å². The zero-order valence-corrected chi connectivity index (χ0v) is 8.39. The molecule has 60 valence electrons. The highest BCUT2D eigenvalue weighted by atomic mass is 32.2. The summed E-state index contributed by atoms with van der Waals surface area (Å²) < 4.78 is 1.43. The van der Waals surface area contributed by atoms with Crippen molar-refractivity contribution in [3.05, 3.63) is 11.2 Å². The number of thioether (sulfide) groups is 1. The Morgan fingerprint density at radius 1 is 1.55 bits per heavy atom. The summed E-state index contributed by atoms with van der Waals surface area (Å²) in [5.74, 6) is 1.24. The van der Waals surface area contributed by atoms with Crippen LogP contribution in [0.1, 0.15) is 19.5 Å². The zero-order chi connectivity index (χ0) is 7.90. The first-order valence-electron chi connectivity index (χ1n) is 3.73. The van der Waals surface area contributed by atoms with E-state index in [0.29, 0.717) is 5.41 Å². The van der Waals surface area contributed by atoms with Gasteiger partial charge in [-0.25, -0.2) is 4.98 Å². The van der Waals surface area contributed by atoms with Crippen LogP contribution < -0.4 is 0 Å². The van der Waals surface area contributed by atoms with E-state index in [1.807, 2.05) is 17.3 Å². The largest absolute Gasteiger partial charge is 0.248 e. The Balaban J connectivity index is 2.32. The molecule has 0 fully saturated rings. The van der Waals surface area contributed by atoms with Crippen molar-refractivity contribution in [3.63, 3.8) is 0 Å². The van der Waals surface area contributed by atoms with Crippen LogP contribution in [0.15, 0.2) is 9.72 Å². The van der Waals surface area contributed by atoms with Crippen LogP contribution in [0.4, 0.5) is 0 Å². The van der Waals surface area contributed by atoms with Crippen molar-refractivity contribution < 1.29 is 0 Å². The Bertz CT molecular complexity index is 265. The van der Waals surface area contributed by atoms with E-state index < -0.39 is 0 Å². The van der Waals surface area contributed by atoms with Gasteiger partial charge in [0.2, 0.25) is 0 Å². The molecule has 0 aliphatic carbocycles. The monoisotopic (exact) mass is 185 g/mol. The molecule has 0 saturated heterocycles. The van der Waals surface area contributed by atoms with Crippen molar-refractivity contribution in [2.24, 2.45) is 5.41 Å². The Hall–Kier alpha value is -0.0200. The highest BCUT2D eigenvalue weighted by molar-refractivity contribution is 8.01.